The number of hydrogen-bond acceptors (Lipinski definition) is 48. The van der Waals surface area contributed by atoms with Gasteiger partial charge in [0.1, 0.15) is 127 Å². The number of aliphatic hydroxyl groups excluding tert-OH is 26. The van der Waals surface area contributed by atoms with Crippen molar-refractivity contribution < 1.29 is 238 Å². The van der Waals surface area contributed by atoms with Crippen LogP contribution in [0.1, 0.15) is 179 Å². The Bertz CT molecular complexity index is 4580. The molecule has 37 unspecified atom stereocenters. The number of ether oxygens (including phenoxy) is 15. The van der Waals surface area contributed by atoms with Gasteiger partial charge in [-0.3, -0.25) is 28.9 Å². The van der Waals surface area contributed by atoms with Crippen LogP contribution in [-0.2, 0) is 99.8 Å². The SMILES string of the molecule is CCC(OC1OC(C)C(OC(C)=O)C(OC(O)C(O)C(O)C(C)O)C1O)/C(O)=C(/OC1OC(C)C(OC(O)/C(O)=C(/OC(O)/C(O)=C(\O)C(O)CCO)C(C)O)C(O)C1O)C(O)OC(=O)[C@]12CCC(C)(C)CC1C1=CCC3[C@@]4(C)CC[C@H](OC5OC(C(=O)O)C(O)C(OC6OCC(O)C(O)C6O)C5OC5OC(CO)C(O)C(O)C5O)[C@@](C)(/C=N/NC(=O)CCCCCN5C(=O)C=CC5=O)C4CC[C@@]3(C)[C@]1(C)C[C@H]2O. The van der Waals surface area contributed by atoms with E-state index >= 15 is 4.79 Å². The molecular weight excluding hydrogens is 1930 g/mol. The third-order valence-electron chi connectivity index (χ3n) is 31.2. The molecule has 5 saturated heterocycles. The first kappa shape index (κ1) is 117. The molecule has 5 aliphatic carbocycles. The number of carbonyl (C=O) groups excluding carboxylic acids is 5. The van der Waals surface area contributed by atoms with Crippen LogP contribution in [0.3, 0.4) is 0 Å². The van der Waals surface area contributed by atoms with Crippen molar-refractivity contribution in [2.75, 3.05) is 26.4 Å². The number of amides is 3. The van der Waals surface area contributed by atoms with Gasteiger partial charge in [0, 0.05) is 56.7 Å². The summed E-state index contributed by atoms with van der Waals surface area (Å²) in [4.78, 5) is 81.9. The van der Waals surface area contributed by atoms with Gasteiger partial charge in [0.05, 0.1) is 43.7 Å². The van der Waals surface area contributed by atoms with Crippen LogP contribution >= 0.6 is 0 Å². The fraction of sp³-hybridized carbons (Fsp3) is 0.817. The van der Waals surface area contributed by atoms with Gasteiger partial charge in [-0.05, 0) is 144 Å². The molecule has 11 rings (SSSR count). The van der Waals surface area contributed by atoms with Gasteiger partial charge in [0.15, 0.2) is 66.7 Å². The molecule has 4 saturated carbocycles. The Morgan fingerprint density at radius 1 is 0.583 bits per heavy atom. The van der Waals surface area contributed by atoms with Gasteiger partial charge in [-0.15, -0.1) is 0 Å². The number of fused-ring (bicyclic) bond motifs is 7. The molecule has 0 spiro atoms. The summed E-state index contributed by atoms with van der Waals surface area (Å²) >= 11 is 0. The highest BCUT2D eigenvalue weighted by Gasteiger charge is 2.73. The highest BCUT2D eigenvalue weighted by atomic mass is 16.8. The van der Waals surface area contributed by atoms with E-state index in [2.05, 4.69) is 24.4 Å². The number of nitrogens with zero attached hydrogens (tertiary/aromatic N) is 2. The number of allylic oxidation sites excluding steroid dienone is 2. The Morgan fingerprint density at radius 2 is 1.22 bits per heavy atom. The zero-order valence-electron chi connectivity index (χ0n) is 81.8. The van der Waals surface area contributed by atoms with Crippen molar-refractivity contribution in [2.45, 2.75) is 401 Å². The summed E-state index contributed by atoms with van der Waals surface area (Å²) in [6.45, 7) is 16.2. The average molecular weight is 2070 g/mol. The second kappa shape index (κ2) is 47.6. The predicted molar refractivity (Wildman–Crippen MR) is 478 cm³/mol. The Morgan fingerprint density at radius 3 is 1.85 bits per heavy atom. The lowest BCUT2D eigenvalue weighted by atomic mass is 9.33. The molecule has 0 radical (unpaired) electrons. The average Bonchev–Trinajstić information content (AvgIpc) is 0.679. The molecule has 11 aliphatic rings. The van der Waals surface area contributed by atoms with E-state index in [0.717, 1.165) is 44.7 Å². The van der Waals surface area contributed by atoms with Crippen molar-refractivity contribution in [2.24, 2.45) is 55.3 Å². The van der Waals surface area contributed by atoms with Crippen LogP contribution in [0.4, 0.5) is 0 Å². The van der Waals surface area contributed by atoms with E-state index in [4.69, 9.17) is 71.1 Å². The Balaban J connectivity index is 0.938. The molecule has 51 heteroatoms. The van der Waals surface area contributed by atoms with E-state index in [0.29, 0.717) is 18.4 Å². The number of hydrogen-bond donors (Lipinski definition) is 28. The number of imide groups is 1. The van der Waals surface area contributed by atoms with Crippen LogP contribution < -0.4 is 5.43 Å². The molecule has 51 nitrogen and oxygen atoms in total. The van der Waals surface area contributed by atoms with E-state index < -0.39 is 375 Å². The van der Waals surface area contributed by atoms with Gasteiger partial charge in [0.2, 0.25) is 30.0 Å². The molecule has 144 heavy (non-hydrogen) atoms. The Kier molecular flexibility index (Phi) is 38.7. The lowest BCUT2D eigenvalue weighted by Crippen LogP contribution is -2.69. The van der Waals surface area contributed by atoms with Crippen LogP contribution in [0.25, 0.3) is 0 Å². The molecule has 28 N–H and O–H groups in total. The molecule has 9 fully saturated rings. The standard InChI is InChI=1S/C93H145N3O48/c1-13-45(134-85-68(122)73(71(39(5)132-85)133-40(6)101)139-78(125)61(115)54(108)36(2)99)58(112)75(142-83-65(119)60(114)70(38(4)131-83)138-80(127)67(121)69(37(3)100)137-79(126)62(116)55(109)43(102)24-30-97)81(128)144-87(129)93-28-27-88(7,8)31-42(93)41-18-19-48-89(9)25-23-50(90(10,47(89)22-26-91(48,11)92(41,12)32-49(93)104)35-94-95-51(105)17-15-14-16-29-96-52(106)20-21-53(96)107)136-86-76(143-84-64(118)59(113)57(111)46(33-98)135-84)72(66(120)74(141-86)77(123)124)140-82-63(117)56(110)44(103)34-130-82/h18,20-21,35-39,42-50,54,56-57,59-61,63-66,68,70-74,76,78-86,97-100,102-104,108-122,125-128H,13-17,19,22-34H2,1-12H3,(H,95,105)(H,123,124)/b62-55+,69-67-,75-58-,94-35+/t36?,37?,38?,39?,42?,43?,44?,45?,46?,47?,48?,49-,50+,54?,56?,57?,59?,60?,61?,63?,64?,65?,66?,68?,70?,71?,72?,73?,74?,76?,78?,79?,80?,81?,82?,83?,84?,85?,86?,89+,90+,91-,92-,93-/m1/s1. The zero-order valence-corrected chi connectivity index (χ0v) is 81.8. The summed E-state index contributed by atoms with van der Waals surface area (Å²) in [5.41, 5.74) is -3.73. The monoisotopic (exact) mass is 2070 g/mol. The van der Waals surface area contributed by atoms with Gasteiger partial charge >= 0.3 is 17.9 Å². The fourth-order valence-corrected chi connectivity index (χ4v) is 22.8. The summed E-state index contributed by atoms with van der Waals surface area (Å²) in [5.74, 6) is -15.6. The van der Waals surface area contributed by atoms with Crippen molar-refractivity contribution >= 4 is 41.8 Å². The predicted octanol–water partition coefficient (Wildman–Crippen LogP) is -5.10. The number of rotatable bonds is 41. The van der Waals surface area contributed by atoms with E-state index in [1.54, 1.807) is 6.92 Å². The number of aliphatic carboxylic acids is 1. The number of nitrogens with one attached hydrogen (secondary N) is 1. The number of carboxylic acids is 1. The minimum absolute atomic E-state index is 0.0169. The second-order valence-electron chi connectivity index (χ2n) is 41.2. The molecule has 6 heterocycles. The molecule has 6 aliphatic heterocycles. The third-order valence-corrected chi connectivity index (χ3v) is 31.2. The second-order valence-corrected chi connectivity index (χ2v) is 41.2. The molecule has 0 aromatic heterocycles. The third kappa shape index (κ3) is 23.9. The molecule has 0 aromatic carbocycles. The van der Waals surface area contributed by atoms with Crippen molar-refractivity contribution in [1.82, 2.24) is 10.3 Å². The van der Waals surface area contributed by atoms with Crippen molar-refractivity contribution in [3.63, 3.8) is 0 Å². The first-order valence-corrected chi connectivity index (χ1v) is 48.4. The van der Waals surface area contributed by atoms with Gasteiger partial charge in [-0.1, -0.05) is 66.5 Å². The molecule has 44 atom stereocenters. The summed E-state index contributed by atoms with van der Waals surface area (Å²) < 4.78 is 89.2. The van der Waals surface area contributed by atoms with Crippen LogP contribution in [0.2, 0.25) is 0 Å². The van der Waals surface area contributed by atoms with Crippen LogP contribution in [-0.4, -0.2) is 432 Å². The molecule has 0 aromatic rings. The molecule has 3 amide bonds. The van der Waals surface area contributed by atoms with E-state index in [9.17, 15) is 162 Å². The number of unbranched alkanes of at least 4 members (excludes halogenated alkanes) is 2. The van der Waals surface area contributed by atoms with Crippen LogP contribution in [0, 0.1) is 50.2 Å². The largest absolute Gasteiger partial charge is 0.506 e. The Hall–Kier alpha value is -7.13. The number of hydrazone groups is 1. The summed E-state index contributed by atoms with van der Waals surface area (Å²) in [7, 11) is 0. The normalized spacial score (nSPS) is 41.3. The first-order valence-electron chi connectivity index (χ1n) is 48.4. The number of aliphatic hydroxyl groups is 26. The van der Waals surface area contributed by atoms with Gasteiger partial charge in [-0.25, -0.2) is 10.2 Å². The van der Waals surface area contributed by atoms with E-state index in [-0.39, 0.29) is 77.2 Å². The van der Waals surface area contributed by atoms with E-state index in [1.807, 2.05) is 26.8 Å². The van der Waals surface area contributed by atoms with Crippen LogP contribution in [0.5, 0.6) is 0 Å². The highest BCUT2D eigenvalue weighted by Crippen LogP contribution is 2.76. The number of carboxylic acid groups (broad SMARTS) is 1. The van der Waals surface area contributed by atoms with Crippen molar-refractivity contribution in [1.29, 1.82) is 0 Å². The summed E-state index contributed by atoms with van der Waals surface area (Å²) in [6, 6.07) is 0. The van der Waals surface area contributed by atoms with E-state index in [1.165, 1.54) is 20.1 Å². The maximum absolute atomic E-state index is 16.3. The maximum atomic E-state index is 16.3. The highest BCUT2D eigenvalue weighted by molar-refractivity contribution is 6.12. The minimum atomic E-state index is -2.91. The zero-order chi connectivity index (χ0) is 107. The van der Waals surface area contributed by atoms with Gasteiger partial charge in [0.25, 0.3) is 24.4 Å². The number of esters is 2. The molecule has 820 valence electrons. The van der Waals surface area contributed by atoms with Gasteiger partial charge < -0.3 is 209 Å². The lowest BCUT2D eigenvalue weighted by molar-refractivity contribution is -0.391. The fourth-order valence-electron chi connectivity index (χ4n) is 22.8. The van der Waals surface area contributed by atoms with Crippen molar-refractivity contribution in [3.05, 3.63) is 58.4 Å². The molecule has 0 bridgehead atoms. The summed E-state index contributed by atoms with van der Waals surface area (Å²) in [5, 5.41) is 306. The first-order chi connectivity index (χ1) is 67.4. The quantitative estimate of drug-likeness (QED) is 0.00313. The van der Waals surface area contributed by atoms with Crippen LogP contribution in [0.15, 0.2) is 63.5 Å². The summed E-state index contributed by atoms with van der Waals surface area (Å²) in [6.07, 6.45) is -68.0. The van der Waals surface area contributed by atoms with Gasteiger partial charge in [-0.2, -0.15) is 5.10 Å². The minimum Gasteiger partial charge on any atom is -0.506 e. The lowest BCUT2D eigenvalue weighted by Gasteiger charge is -2.71. The van der Waals surface area contributed by atoms with Crippen molar-refractivity contribution in [3.8, 4) is 0 Å². The smallest absolute Gasteiger partial charge is 0.335 e. The Labute approximate surface area is 827 Å². The number of carbonyl (C=O) groups is 6. The maximum Gasteiger partial charge on any atom is 0.335 e. The molecular formula is C93H145N3O48. The topological polar surface area (TPSA) is 815 Å².